The molecule has 0 unspecified atom stereocenters. The molecule has 0 aliphatic heterocycles. The van der Waals surface area contributed by atoms with Gasteiger partial charge in [-0.15, -0.1) is 0 Å². The maximum atomic E-state index is 13.2. The monoisotopic (exact) mass is 273 g/mol. The Labute approximate surface area is 117 Å². The standard InChI is InChI=1S/C15H16FN3O/c1-9-6-12(4-5-13(9)16)19-15(20)11-7-10(2)18-14(8-11)17-3/h4-8H,1-3H3,(H,17,18)(H,19,20). The van der Waals surface area contributed by atoms with Gasteiger partial charge in [-0.3, -0.25) is 4.79 Å². The molecule has 0 radical (unpaired) electrons. The van der Waals surface area contributed by atoms with Crippen LogP contribution in [-0.2, 0) is 0 Å². The number of rotatable bonds is 3. The Bertz CT molecular complexity index is 656. The number of hydrogen-bond donors (Lipinski definition) is 2. The van der Waals surface area contributed by atoms with Crippen LogP contribution in [0.2, 0.25) is 0 Å². The summed E-state index contributed by atoms with van der Waals surface area (Å²) in [5.74, 6) is 0.0867. The number of amides is 1. The summed E-state index contributed by atoms with van der Waals surface area (Å²) in [5.41, 5.74) is 2.31. The molecule has 1 heterocycles. The molecule has 0 aliphatic carbocycles. The zero-order chi connectivity index (χ0) is 14.7. The minimum Gasteiger partial charge on any atom is -0.373 e. The zero-order valence-corrected chi connectivity index (χ0v) is 11.6. The molecule has 1 amide bonds. The van der Waals surface area contributed by atoms with E-state index in [1.165, 1.54) is 12.1 Å². The Hall–Kier alpha value is -2.43. The van der Waals surface area contributed by atoms with Crippen molar-refractivity contribution in [3.63, 3.8) is 0 Å². The van der Waals surface area contributed by atoms with Gasteiger partial charge < -0.3 is 10.6 Å². The maximum absolute atomic E-state index is 13.2. The quantitative estimate of drug-likeness (QED) is 0.903. The SMILES string of the molecule is CNc1cc(C(=O)Nc2ccc(F)c(C)c2)cc(C)n1. The number of benzene rings is 1. The fourth-order valence-corrected chi connectivity index (χ4v) is 1.85. The molecule has 0 saturated carbocycles. The first-order valence-corrected chi connectivity index (χ1v) is 6.23. The summed E-state index contributed by atoms with van der Waals surface area (Å²) >= 11 is 0. The summed E-state index contributed by atoms with van der Waals surface area (Å²) in [5, 5.41) is 5.65. The van der Waals surface area contributed by atoms with Crippen molar-refractivity contribution in [3.05, 3.63) is 53.0 Å². The Morgan fingerprint density at radius 3 is 2.60 bits per heavy atom. The predicted molar refractivity (Wildman–Crippen MR) is 77.6 cm³/mol. The molecule has 5 heteroatoms. The molecule has 20 heavy (non-hydrogen) atoms. The van der Waals surface area contributed by atoms with Crippen molar-refractivity contribution in [2.45, 2.75) is 13.8 Å². The smallest absolute Gasteiger partial charge is 0.255 e. The second kappa shape index (κ2) is 5.69. The third-order valence-corrected chi connectivity index (χ3v) is 2.89. The van der Waals surface area contributed by atoms with E-state index in [1.54, 1.807) is 32.2 Å². The number of hydrogen-bond acceptors (Lipinski definition) is 3. The highest BCUT2D eigenvalue weighted by Gasteiger charge is 2.09. The molecular formula is C15H16FN3O. The van der Waals surface area contributed by atoms with Crippen LogP contribution in [-0.4, -0.2) is 17.9 Å². The van der Waals surface area contributed by atoms with Gasteiger partial charge in [0.25, 0.3) is 5.91 Å². The molecule has 0 spiro atoms. The Balaban J connectivity index is 2.23. The van der Waals surface area contributed by atoms with Gasteiger partial charge in [-0.2, -0.15) is 0 Å². The van der Waals surface area contributed by atoms with Crippen molar-refractivity contribution >= 4 is 17.4 Å². The first kappa shape index (κ1) is 14.0. The van der Waals surface area contributed by atoms with Crippen LogP contribution in [0.25, 0.3) is 0 Å². The van der Waals surface area contributed by atoms with Gasteiger partial charge in [0, 0.05) is 24.0 Å². The molecule has 2 N–H and O–H groups in total. The van der Waals surface area contributed by atoms with Crippen molar-refractivity contribution in [2.75, 3.05) is 17.7 Å². The number of nitrogens with one attached hydrogen (secondary N) is 2. The minimum absolute atomic E-state index is 0.252. The first-order valence-electron chi connectivity index (χ1n) is 6.23. The summed E-state index contributed by atoms with van der Waals surface area (Å²) in [7, 11) is 1.74. The van der Waals surface area contributed by atoms with Crippen LogP contribution in [0.15, 0.2) is 30.3 Å². The third kappa shape index (κ3) is 3.12. The second-order valence-electron chi connectivity index (χ2n) is 4.55. The van der Waals surface area contributed by atoms with Crippen LogP contribution in [0.1, 0.15) is 21.6 Å². The molecule has 2 rings (SSSR count). The highest BCUT2D eigenvalue weighted by Crippen LogP contribution is 2.16. The number of halogens is 1. The van der Waals surface area contributed by atoms with Gasteiger partial charge in [-0.1, -0.05) is 0 Å². The van der Waals surface area contributed by atoms with E-state index in [0.717, 1.165) is 5.69 Å². The van der Waals surface area contributed by atoms with Gasteiger partial charge >= 0.3 is 0 Å². The van der Waals surface area contributed by atoms with Crippen LogP contribution in [0, 0.1) is 19.7 Å². The lowest BCUT2D eigenvalue weighted by atomic mass is 10.2. The summed E-state index contributed by atoms with van der Waals surface area (Å²) in [6.07, 6.45) is 0. The minimum atomic E-state index is -0.291. The molecule has 2 aromatic rings. The van der Waals surface area contributed by atoms with E-state index >= 15 is 0 Å². The number of pyridine rings is 1. The highest BCUT2D eigenvalue weighted by atomic mass is 19.1. The normalized spacial score (nSPS) is 10.2. The van der Waals surface area contributed by atoms with E-state index in [2.05, 4.69) is 15.6 Å². The number of anilines is 2. The molecule has 0 fully saturated rings. The van der Waals surface area contributed by atoms with Crippen LogP contribution >= 0.6 is 0 Å². The average molecular weight is 273 g/mol. The van der Waals surface area contributed by atoms with Gasteiger partial charge in [-0.05, 0) is 49.7 Å². The van der Waals surface area contributed by atoms with Gasteiger partial charge in [-0.25, -0.2) is 9.37 Å². The summed E-state index contributed by atoms with van der Waals surface area (Å²) < 4.78 is 13.2. The summed E-state index contributed by atoms with van der Waals surface area (Å²) in [6, 6.07) is 7.83. The van der Waals surface area contributed by atoms with Crippen LogP contribution in [0.4, 0.5) is 15.9 Å². The van der Waals surface area contributed by atoms with E-state index in [4.69, 9.17) is 0 Å². The largest absolute Gasteiger partial charge is 0.373 e. The molecule has 0 saturated heterocycles. The molecule has 0 aliphatic rings. The van der Waals surface area contributed by atoms with Crippen molar-refractivity contribution in [3.8, 4) is 0 Å². The van der Waals surface area contributed by atoms with Crippen molar-refractivity contribution in [1.29, 1.82) is 0 Å². The number of aromatic nitrogens is 1. The molecule has 1 aromatic heterocycles. The number of aryl methyl sites for hydroxylation is 2. The predicted octanol–water partition coefficient (Wildman–Crippen LogP) is 3.13. The molecule has 4 nitrogen and oxygen atoms in total. The molecule has 1 aromatic carbocycles. The topological polar surface area (TPSA) is 54.0 Å². The van der Waals surface area contributed by atoms with Crippen LogP contribution in [0.5, 0.6) is 0 Å². The number of carbonyl (C=O) groups excluding carboxylic acids is 1. The Kier molecular flexibility index (Phi) is 3.98. The van der Waals surface area contributed by atoms with Gasteiger partial charge in [0.05, 0.1) is 0 Å². The molecule has 0 bridgehead atoms. The van der Waals surface area contributed by atoms with E-state index in [9.17, 15) is 9.18 Å². The van der Waals surface area contributed by atoms with Gasteiger partial charge in [0.15, 0.2) is 0 Å². The fourth-order valence-electron chi connectivity index (χ4n) is 1.85. The zero-order valence-electron chi connectivity index (χ0n) is 11.6. The lowest BCUT2D eigenvalue weighted by Gasteiger charge is -2.08. The maximum Gasteiger partial charge on any atom is 0.255 e. The molecule has 104 valence electrons. The Morgan fingerprint density at radius 1 is 1.20 bits per heavy atom. The van der Waals surface area contributed by atoms with Crippen molar-refractivity contribution < 1.29 is 9.18 Å². The summed E-state index contributed by atoms with van der Waals surface area (Å²) in [6.45, 7) is 3.47. The highest BCUT2D eigenvalue weighted by molar-refractivity contribution is 6.04. The van der Waals surface area contributed by atoms with Gasteiger partial charge in [0.2, 0.25) is 0 Å². The van der Waals surface area contributed by atoms with Crippen LogP contribution < -0.4 is 10.6 Å². The van der Waals surface area contributed by atoms with Crippen molar-refractivity contribution in [1.82, 2.24) is 4.98 Å². The first-order chi connectivity index (χ1) is 9.49. The van der Waals surface area contributed by atoms with Crippen LogP contribution in [0.3, 0.4) is 0 Å². The van der Waals surface area contributed by atoms with E-state index in [0.29, 0.717) is 22.6 Å². The van der Waals surface area contributed by atoms with Gasteiger partial charge in [0.1, 0.15) is 11.6 Å². The number of carbonyl (C=O) groups is 1. The lowest BCUT2D eigenvalue weighted by molar-refractivity contribution is 0.102. The van der Waals surface area contributed by atoms with E-state index < -0.39 is 0 Å². The lowest BCUT2D eigenvalue weighted by Crippen LogP contribution is -2.13. The fraction of sp³-hybridized carbons (Fsp3) is 0.200. The molecule has 0 atom stereocenters. The Morgan fingerprint density at radius 2 is 1.95 bits per heavy atom. The summed E-state index contributed by atoms with van der Waals surface area (Å²) in [4.78, 5) is 16.4. The van der Waals surface area contributed by atoms with E-state index in [1.807, 2.05) is 6.92 Å². The third-order valence-electron chi connectivity index (χ3n) is 2.89. The second-order valence-corrected chi connectivity index (χ2v) is 4.55. The number of nitrogens with zero attached hydrogens (tertiary/aromatic N) is 1. The van der Waals surface area contributed by atoms with E-state index in [-0.39, 0.29) is 11.7 Å². The molecular weight excluding hydrogens is 257 g/mol. The average Bonchev–Trinajstić information content (AvgIpc) is 2.42. The van der Waals surface area contributed by atoms with Crippen molar-refractivity contribution in [2.24, 2.45) is 0 Å².